The van der Waals surface area contributed by atoms with Gasteiger partial charge in [-0.3, -0.25) is 4.72 Å². The third-order valence-electron chi connectivity index (χ3n) is 2.57. The van der Waals surface area contributed by atoms with E-state index in [2.05, 4.69) is 4.72 Å². The van der Waals surface area contributed by atoms with Crippen LogP contribution in [-0.2, 0) is 15.8 Å². The van der Waals surface area contributed by atoms with Crippen molar-refractivity contribution < 1.29 is 8.42 Å². The summed E-state index contributed by atoms with van der Waals surface area (Å²) in [5.74, 6) is -0.161. The number of nitrogens with one attached hydrogen (secondary N) is 1. The molecule has 20 heavy (non-hydrogen) atoms. The van der Waals surface area contributed by atoms with E-state index in [0.29, 0.717) is 10.6 Å². The minimum absolute atomic E-state index is 0.161. The second-order valence-corrected chi connectivity index (χ2v) is 6.31. The summed E-state index contributed by atoms with van der Waals surface area (Å²) in [6.07, 6.45) is 0. The van der Waals surface area contributed by atoms with Crippen molar-refractivity contribution in [1.82, 2.24) is 0 Å². The summed E-state index contributed by atoms with van der Waals surface area (Å²) in [5, 5.41) is 9.33. The molecule has 6 heteroatoms. The zero-order valence-electron chi connectivity index (χ0n) is 10.4. The molecule has 0 aliphatic heterocycles. The van der Waals surface area contributed by atoms with Crippen LogP contribution in [-0.4, -0.2) is 8.42 Å². The maximum absolute atomic E-state index is 12.1. The fourth-order valence-corrected chi connectivity index (χ4v) is 3.08. The first-order valence-corrected chi connectivity index (χ1v) is 7.77. The number of hydrogen-bond donors (Lipinski definition) is 1. The van der Waals surface area contributed by atoms with Crippen LogP contribution < -0.4 is 4.72 Å². The van der Waals surface area contributed by atoms with E-state index in [9.17, 15) is 8.42 Å². The van der Waals surface area contributed by atoms with Crippen LogP contribution in [0.25, 0.3) is 0 Å². The first-order valence-electron chi connectivity index (χ1n) is 5.74. The van der Waals surface area contributed by atoms with Gasteiger partial charge in [0.15, 0.2) is 0 Å². The van der Waals surface area contributed by atoms with Crippen molar-refractivity contribution in [2.75, 3.05) is 4.72 Å². The molecule has 0 fully saturated rings. The van der Waals surface area contributed by atoms with Crippen molar-refractivity contribution in [3.8, 4) is 6.07 Å². The van der Waals surface area contributed by atoms with Gasteiger partial charge in [0, 0.05) is 5.02 Å². The lowest BCUT2D eigenvalue weighted by atomic mass is 10.2. The fraction of sp³-hybridized carbons (Fsp3) is 0.0714. The Morgan fingerprint density at radius 1 is 1.15 bits per heavy atom. The summed E-state index contributed by atoms with van der Waals surface area (Å²) in [6.45, 7) is 0. The lowest BCUT2D eigenvalue weighted by Gasteiger charge is -2.09. The highest BCUT2D eigenvalue weighted by molar-refractivity contribution is 7.91. The van der Waals surface area contributed by atoms with Gasteiger partial charge in [0.05, 0.1) is 17.0 Å². The molecule has 0 amide bonds. The molecule has 0 heterocycles. The zero-order valence-corrected chi connectivity index (χ0v) is 11.9. The smallest absolute Gasteiger partial charge is 0.236 e. The Kier molecular flexibility index (Phi) is 4.28. The molecule has 0 atom stereocenters. The van der Waals surface area contributed by atoms with Gasteiger partial charge in [-0.1, -0.05) is 41.9 Å². The van der Waals surface area contributed by atoms with E-state index >= 15 is 0 Å². The molecule has 0 aliphatic carbocycles. The van der Waals surface area contributed by atoms with Crippen LogP contribution in [0.2, 0.25) is 5.02 Å². The molecule has 2 aromatic carbocycles. The Balaban J connectivity index is 2.25. The number of sulfonamides is 1. The third-order valence-corrected chi connectivity index (χ3v) is 4.05. The summed E-state index contributed by atoms with van der Waals surface area (Å²) >= 11 is 5.82. The van der Waals surface area contributed by atoms with E-state index < -0.39 is 10.0 Å². The Morgan fingerprint density at radius 2 is 1.85 bits per heavy atom. The van der Waals surface area contributed by atoms with Crippen molar-refractivity contribution in [2.45, 2.75) is 5.75 Å². The second-order valence-electron chi connectivity index (χ2n) is 4.15. The molecule has 2 rings (SSSR count). The lowest BCUT2D eigenvalue weighted by Crippen LogP contribution is -2.15. The normalized spacial score (nSPS) is 10.8. The van der Waals surface area contributed by atoms with Gasteiger partial charge in [0.25, 0.3) is 0 Å². The second kappa shape index (κ2) is 5.95. The Labute approximate surface area is 122 Å². The number of hydrogen-bond acceptors (Lipinski definition) is 3. The summed E-state index contributed by atoms with van der Waals surface area (Å²) in [4.78, 5) is 0. The number of benzene rings is 2. The molecule has 1 N–H and O–H groups in total. The zero-order chi connectivity index (χ0) is 14.6. The Hall–Kier alpha value is -2.03. The van der Waals surface area contributed by atoms with Crippen molar-refractivity contribution >= 4 is 27.3 Å². The molecule has 0 saturated heterocycles. The van der Waals surface area contributed by atoms with E-state index in [1.54, 1.807) is 24.3 Å². The first kappa shape index (κ1) is 14.4. The molecule has 0 unspecified atom stereocenters. The van der Waals surface area contributed by atoms with E-state index in [4.69, 9.17) is 16.9 Å². The summed E-state index contributed by atoms with van der Waals surface area (Å²) in [6, 6.07) is 15.2. The van der Waals surface area contributed by atoms with Crippen LogP contribution in [0, 0.1) is 11.3 Å². The molecule has 0 saturated carbocycles. The fourth-order valence-electron chi connectivity index (χ4n) is 1.70. The predicted molar refractivity (Wildman–Crippen MR) is 78.9 cm³/mol. The molecule has 2 aromatic rings. The molecule has 0 aromatic heterocycles. The lowest BCUT2D eigenvalue weighted by molar-refractivity contribution is 0.600. The van der Waals surface area contributed by atoms with Crippen LogP contribution in [0.3, 0.4) is 0 Å². The highest BCUT2D eigenvalue weighted by Crippen LogP contribution is 2.22. The summed E-state index contributed by atoms with van der Waals surface area (Å²) in [5.41, 5.74) is 1.09. The summed E-state index contributed by atoms with van der Waals surface area (Å²) in [7, 11) is -3.60. The van der Waals surface area contributed by atoms with Crippen molar-refractivity contribution in [3.05, 3.63) is 64.7 Å². The van der Waals surface area contributed by atoms with Crippen molar-refractivity contribution in [3.63, 3.8) is 0 Å². The SMILES string of the molecule is N#Cc1ccc(Cl)cc1NS(=O)(=O)Cc1ccccc1. The molecular formula is C14H11ClN2O2S. The van der Waals surface area contributed by atoms with Crippen LogP contribution in [0.5, 0.6) is 0 Å². The van der Waals surface area contributed by atoms with Crippen molar-refractivity contribution in [1.29, 1.82) is 5.26 Å². The van der Waals surface area contributed by atoms with Crippen LogP contribution >= 0.6 is 11.6 Å². The van der Waals surface area contributed by atoms with Gasteiger partial charge in [0.2, 0.25) is 10.0 Å². The summed E-state index contributed by atoms with van der Waals surface area (Å²) < 4.78 is 26.6. The molecule has 0 spiro atoms. The maximum atomic E-state index is 12.1. The van der Waals surface area contributed by atoms with Gasteiger partial charge in [-0.2, -0.15) is 5.26 Å². The predicted octanol–water partition coefficient (Wildman–Crippen LogP) is 3.15. The van der Waals surface area contributed by atoms with Crippen LogP contribution in [0.1, 0.15) is 11.1 Å². The van der Waals surface area contributed by atoms with Gasteiger partial charge in [-0.25, -0.2) is 8.42 Å². The standard InChI is InChI=1S/C14H11ClN2O2S/c15-13-7-6-12(9-16)14(8-13)17-20(18,19)10-11-4-2-1-3-5-11/h1-8,17H,10H2. The number of anilines is 1. The monoisotopic (exact) mass is 306 g/mol. The van der Waals surface area contributed by atoms with Crippen LogP contribution in [0.4, 0.5) is 5.69 Å². The van der Waals surface area contributed by atoms with Gasteiger partial charge in [0.1, 0.15) is 6.07 Å². The topological polar surface area (TPSA) is 70.0 Å². The minimum atomic E-state index is -3.60. The van der Waals surface area contributed by atoms with E-state index in [1.807, 2.05) is 12.1 Å². The molecule has 0 aliphatic rings. The Morgan fingerprint density at radius 3 is 2.50 bits per heavy atom. The molecular weight excluding hydrogens is 296 g/mol. The van der Waals surface area contributed by atoms with Gasteiger partial charge in [-0.15, -0.1) is 0 Å². The highest BCUT2D eigenvalue weighted by Gasteiger charge is 2.14. The van der Waals surface area contributed by atoms with Crippen LogP contribution in [0.15, 0.2) is 48.5 Å². The average Bonchev–Trinajstić information content (AvgIpc) is 2.39. The average molecular weight is 307 g/mol. The third kappa shape index (κ3) is 3.73. The Bertz CT molecular complexity index is 752. The minimum Gasteiger partial charge on any atom is -0.282 e. The maximum Gasteiger partial charge on any atom is 0.236 e. The molecule has 102 valence electrons. The van der Waals surface area contributed by atoms with Crippen molar-refractivity contribution in [2.24, 2.45) is 0 Å². The number of nitriles is 1. The largest absolute Gasteiger partial charge is 0.282 e. The van der Waals surface area contributed by atoms with E-state index in [-0.39, 0.29) is 17.0 Å². The molecule has 4 nitrogen and oxygen atoms in total. The number of halogens is 1. The van der Waals surface area contributed by atoms with Gasteiger partial charge < -0.3 is 0 Å². The molecule has 0 bridgehead atoms. The van der Waals surface area contributed by atoms with Gasteiger partial charge in [-0.05, 0) is 23.8 Å². The number of rotatable bonds is 4. The van der Waals surface area contributed by atoms with E-state index in [0.717, 1.165) is 0 Å². The van der Waals surface area contributed by atoms with Gasteiger partial charge >= 0.3 is 0 Å². The quantitative estimate of drug-likeness (QED) is 0.943. The highest BCUT2D eigenvalue weighted by atomic mass is 35.5. The van der Waals surface area contributed by atoms with E-state index in [1.165, 1.54) is 18.2 Å². The molecule has 0 radical (unpaired) electrons. The first-order chi connectivity index (χ1) is 9.50. The number of nitrogens with zero attached hydrogens (tertiary/aromatic N) is 1.